The van der Waals surface area contributed by atoms with Crippen LogP contribution in [-0.2, 0) is 16.1 Å². The molecule has 1 aliphatic heterocycles. The van der Waals surface area contributed by atoms with E-state index in [2.05, 4.69) is 10.3 Å². The van der Waals surface area contributed by atoms with Crippen molar-refractivity contribution < 1.29 is 9.59 Å². The molecule has 1 atom stereocenters. The normalized spacial score (nSPS) is 17.1. The lowest BCUT2D eigenvalue weighted by atomic mass is 10.2. The minimum absolute atomic E-state index is 0.00849. The molecule has 1 unspecified atom stereocenters. The van der Waals surface area contributed by atoms with Crippen molar-refractivity contribution in [1.82, 2.24) is 4.90 Å². The summed E-state index contributed by atoms with van der Waals surface area (Å²) in [7, 11) is 0. The Morgan fingerprint density at radius 2 is 1.69 bits per heavy atom. The molecule has 1 N–H and O–H groups in total. The van der Waals surface area contributed by atoms with E-state index in [9.17, 15) is 9.59 Å². The van der Waals surface area contributed by atoms with E-state index < -0.39 is 5.25 Å². The largest absolute Gasteiger partial charge is 0.325 e. The van der Waals surface area contributed by atoms with Gasteiger partial charge in [-0.25, -0.2) is 4.99 Å². The third-order valence-electron chi connectivity index (χ3n) is 4.76. The van der Waals surface area contributed by atoms with Crippen molar-refractivity contribution in [1.29, 1.82) is 0 Å². The number of nitrogens with zero attached hydrogens (tertiary/aromatic N) is 2. The Hall–Kier alpha value is -2.80. The number of thioether (sulfide) groups is 1. The van der Waals surface area contributed by atoms with Crippen LogP contribution in [0.3, 0.4) is 0 Å². The summed E-state index contributed by atoms with van der Waals surface area (Å²) < 4.78 is 0. The van der Waals surface area contributed by atoms with Crippen molar-refractivity contribution >= 4 is 63.3 Å². The zero-order valence-electron chi connectivity index (χ0n) is 16.9. The smallest absolute Gasteiger partial charge is 0.242 e. The van der Waals surface area contributed by atoms with Gasteiger partial charge in [-0.1, -0.05) is 83.5 Å². The molecule has 0 saturated carbocycles. The van der Waals surface area contributed by atoms with E-state index in [4.69, 9.17) is 23.2 Å². The van der Waals surface area contributed by atoms with E-state index >= 15 is 0 Å². The third kappa shape index (κ3) is 5.51. The summed E-state index contributed by atoms with van der Waals surface area (Å²) in [6.07, 6.45) is -0.00849. The third-order valence-corrected chi connectivity index (χ3v) is 6.50. The molecule has 3 aromatic carbocycles. The molecule has 162 valence electrons. The maximum absolute atomic E-state index is 13.2. The molecule has 1 heterocycles. The molecule has 0 aliphatic carbocycles. The standard InChI is InChI=1S/C24H19Cl2N3O2S/c25-17-11-12-19(26)20(13-17)28-22(30)14-21-23(31)29(15-16-7-3-1-4-8-16)24(32-21)27-18-9-5-2-6-10-18/h1-13,21H,14-15H2,(H,28,30). The Kier molecular flexibility index (Phi) is 7.15. The van der Waals surface area contributed by atoms with Crippen molar-refractivity contribution in [2.45, 2.75) is 18.2 Å². The number of amides is 2. The van der Waals surface area contributed by atoms with Gasteiger partial charge in [-0.15, -0.1) is 0 Å². The minimum atomic E-state index is -0.584. The highest BCUT2D eigenvalue weighted by Gasteiger charge is 2.39. The molecule has 32 heavy (non-hydrogen) atoms. The monoisotopic (exact) mass is 483 g/mol. The molecule has 1 saturated heterocycles. The first-order chi connectivity index (χ1) is 15.5. The molecular formula is C24H19Cl2N3O2S. The van der Waals surface area contributed by atoms with E-state index in [0.29, 0.717) is 27.4 Å². The van der Waals surface area contributed by atoms with Crippen molar-refractivity contribution in [2.24, 2.45) is 4.99 Å². The summed E-state index contributed by atoms with van der Waals surface area (Å²) in [5.41, 5.74) is 2.15. The SMILES string of the molecule is O=C(CC1SC(=Nc2ccccc2)N(Cc2ccccc2)C1=O)Nc1cc(Cl)ccc1Cl. The van der Waals surface area contributed by atoms with Gasteiger partial charge >= 0.3 is 0 Å². The number of amidine groups is 1. The van der Waals surface area contributed by atoms with Gasteiger partial charge in [-0.05, 0) is 35.9 Å². The van der Waals surface area contributed by atoms with Crippen LogP contribution in [0.25, 0.3) is 0 Å². The second-order valence-corrected chi connectivity index (χ2v) is 9.14. The summed E-state index contributed by atoms with van der Waals surface area (Å²) in [4.78, 5) is 32.2. The number of hydrogen-bond donors (Lipinski definition) is 1. The second kappa shape index (κ2) is 10.2. The zero-order valence-corrected chi connectivity index (χ0v) is 19.2. The maximum atomic E-state index is 13.2. The Morgan fingerprint density at radius 3 is 2.41 bits per heavy atom. The summed E-state index contributed by atoms with van der Waals surface area (Å²) >= 11 is 13.4. The van der Waals surface area contributed by atoms with Gasteiger partial charge in [-0.2, -0.15) is 0 Å². The molecule has 8 heteroatoms. The first-order valence-corrected chi connectivity index (χ1v) is 11.5. The Balaban J connectivity index is 1.54. The number of halogens is 2. The molecule has 0 spiro atoms. The number of carbonyl (C=O) groups is 2. The Labute approximate surface area is 200 Å². The molecule has 5 nitrogen and oxygen atoms in total. The fraction of sp³-hybridized carbons (Fsp3) is 0.125. The Morgan fingerprint density at radius 1 is 1.00 bits per heavy atom. The number of hydrogen-bond acceptors (Lipinski definition) is 4. The summed E-state index contributed by atoms with van der Waals surface area (Å²) in [6.45, 7) is 0.385. The van der Waals surface area contributed by atoms with Gasteiger partial charge in [0.2, 0.25) is 11.8 Å². The van der Waals surface area contributed by atoms with E-state index in [0.717, 1.165) is 11.3 Å². The fourth-order valence-corrected chi connectivity index (χ4v) is 4.71. The van der Waals surface area contributed by atoms with Gasteiger partial charge in [0.05, 0.1) is 22.9 Å². The predicted molar refractivity (Wildman–Crippen MR) is 132 cm³/mol. The summed E-state index contributed by atoms with van der Waals surface area (Å²) in [5.74, 6) is -0.471. The lowest BCUT2D eigenvalue weighted by Crippen LogP contribution is -2.33. The van der Waals surface area contributed by atoms with Crippen LogP contribution in [-0.4, -0.2) is 27.1 Å². The number of carbonyl (C=O) groups excluding carboxylic acids is 2. The van der Waals surface area contributed by atoms with Crippen molar-refractivity contribution in [2.75, 3.05) is 5.32 Å². The molecule has 1 aliphatic rings. The molecule has 1 fully saturated rings. The van der Waals surface area contributed by atoms with Crippen LogP contribution >= 0.6 is 35.0 Å². The van der Waals surface area contributed by atoms with E-state index in [-0.39, 0.29) is 18.2 Å². The van der Waals surface area contributed by atoms with Crippen LogP contribution in [0.5, 0.6) is 0 Å². The average Bonchev–Trinajstić information content (AvgIpc) is 3.06. The molecule has 0 aromatic heterocycles. The molecule has 3 aromatic rings. The Bertz CT molecular complexity index is 1160. The second-order valence-electron chi connectivity index (χ2n) is 7.12. The van der Waals surface area contributed by atoms with Crippen LogP contribution in [0.4, 0.5) is 11.4 Å². The fourth-order valence-electron chi connectivity index (χ4n) is 3.21. The van der Waals surface area contributed by atoms with Gasteiger partial charge in [0.15, 0.2) is 5.17 Å². The molecule has 0 radical (unpaired) electrons. The molecule has 2 amide bonds. The van der Waals surface area contributed by atoms with E-state index in [1.54, 1.807) is 23.1 Å². The van der Waals surface area contributed by atoms with Crippen LogP contribution < -0.4 is 5.32 Å². The number of anilines is 1. The maximum Gasteiger partial charge on any atom is 0.242 e. The van der Waals surface area contributed by atoms with Gasteiger partial charge in [0.25, 0.3) is 0 Å². The highest BCUT2D eigenvalue weighted by molar-refractivity contribution is 8.15. The first-order valence-electron chi connectivity index (χ1n) is 9.90. The molecular weight excluding hydrogens is 465 g/mol. The van der Waals surface area contributed by atoms with Gasteiger partial charge in [0, 0.05) is 11.4 Å². The van der Waals surface area contributed by atoms with E-state index in [1.807, 2.05) is 60.7 Å². The van der Waals surface area contributed by atoms with Gasteiger partial charge in [0.1, 0.15) is 5.25 Å². The number of benzene rings is 3. The van der Waals surface area contributed by atoms with Gasteiger partial charge < -0.3 is 5.32 Å². The average molecular weight is 484 g/mol. The molecule has 4 rings (SSSR count). The number of rotatable bonds is 6. The van der Waals surface area contributed by atoms with Gasteiger partial charge in [-0.3, -0.25) is 14.5 Å². The van der Waals surface area contributed by atoms with Crippen molar-refractivity contribution in [3.05, 3.63) is 94.5 Å². The van der Waals surface area contributed by atoms with Crippen LogP contribution in [0.2, 0.25) is 10.0 Å². The van der Waals surface area contributed by atoms with E-state index in [1.165, 1.54) is 11.8 Å². The molecule has 0 bridgehead atoms. The highest BCUT2D eigenvalue weighted by atomic mass is 35.5. The summed E-state index contributed by atoms with van der Waals surface area (Å²) in [5, 5.41) is 3.58. The van der Waals surface area contributed by atoms with Crippen LogP contribution in [0.1, 0.15) is 12.0 Å². The number of nitrogens with one attached hydrogen (secondary N) is 1. The zero-order chi connectivity index (χ0) is 22.5. The predicted octanol–water partition coefficient (Wildman–Crippen LogP) is 6.15. The minimum Gasteiger partial charge on any atom is -0.325 e. The van der Waals surface area contributed by atoms with Crippen molar-refractivity contribution in [3.63, 3.8) is 0 Å². The number of aliphatic imine (C=N–C) groups is 1. The lowest BCUT2D eigenvalue weighted by molar-refractivity contribution is -0.128. The first kappa shape index (κ1) is 22.4. The van der Waals surface area contributed by atoms with Crippen molar-refractivity contribution in [3.8, 4) is 0 Å². The lowest BCUT2D eigenvalue weighted by Gasteiger charge is -2.16. The van der Waals surface area contributed by atoms with Crippen LogP contribution in [0, 0.1) is 0 Å². The topological polar surface area (TPSA) is 61.8 Å². The highest BCUT2D eigenvalue weighted by Crippen LogP contribution is 2.33. The summed E-state index contributed by atoms with van der Waals surface area (Å²) in [6, 6.07) is 24.0. The van der Waals surface area contributed by atoms with Crippen LogP contribution in [0.15, 0.2) is 83.9 Å². The number of para-hydroxylation sites is 1. The quantitative estimate of drug-likeness (QED) is 0.456.